The van der Waals surface area contributed by atoms with Gasteiger partial charge in [0.05, 0.1) is 18.8 Å². The number of fused-ring (bicyclic) bond motifs is 1. The van der Waals surface area contributed by atoms with Gasteiger partial charge < -0.3 is 10.3 Å². The summed E-state index contributed by atoms with van der Waals surface area (Å²) in [5.41, 5.74) is 8.43. The third kappa shape index (κ3) is 1.84. The van der Waals surface area contributed by atoms with Crippen LogP contribution in [-0.4, -0.2) is 19.5 Å². The molecule has 3 heterocycles. The van der Waals surface area contributed by atoms with Crippen molar-refractivity contribution in [1.82, 2.24) is 19.5 Å². The Hall–Kier alpha value is -2.27. The molecule has 0 aliphatic heterocycles. The minimum atomic E-state index is 0.392. The first-order valence-electron chi connectivity index (χ1n) is 5.78. The predicted molar refractivity (Wildman–Crippen MR) is 68.8 cm³/mol. The molecule has 3 rings (SSSR count). The van der Waals surface area contributed by atoms with Crippen LogP contribution in [0.25, 0.3) is 11.2 Å². The zero-order chi connectivity index (χ0) is 12.4. The van der Waals surface area contributed by atoms with Crippen LogP contribution in [0.3, 0.4) is 0 Å². The van der Waals surface area contributed by atoms with Crippen LogP contribution < -0.4 is 5.73 Å². The lowest BCUT2D eigenvalue weighted by molar-refractivity contribution is 0.722. The van der Waals surface area contributed by atoms with Gasteiger partial charge in [0, 0.05) is 12.4 Å². The van der Waals surface area contributed by atoms with Crippen molar-refractivity contribution >= 4 is 11.2 Å². The van der Waals surface area contributed by atoms with E-state index in [1.165, 1.54) is 0 Å². The van der Waals surface area contributed by atoms with E-state index in [-0.39, 0.29) is 0 Å². The van der Waals surface area contributed by atoms with Crippen molar-refractivity contribution in [3.05, 3.63) is 54.2 Å². The molecule has 5 heteroatoms. The van der Waals surface area contributed by atoms with Crippen LogP contribution in [0.2, 0.25) is 0 Å². The van der Waals surface area contributed by atoms with Crippen molar-refractivity contribution in [2.45, 2.75) is 13.1 Å². The molecule has 0 bridgehead atoms. The fourth-order valence-electron chi connectivity index (χ4n) is 1.98. The van der Waals surface area contributed by atoms with Gasteiger partial charge in [-0.05, 0) is 24.3 Å². The third-order valence-electron chi connectivity index (χ3n) is 2.81. The summed E-state index contributed by atoms with van der Waals surface area (Å²) >= 11 is 0. The van der Waals surface area contributed by atoms with Crippen LogP contribution in [0.5, 0.6) is 0 Å². The molecule has 90 valence electrons. The van der Waals surface area contributed by atoms with E-state index in [1.54, 1.807) is 12.4 Å². The summed E-state index contributed by atoms with van der Waals surface area (Å²) in [6.07, 6.45) is 3.54. The fraction of sp³-hybridized carbons (Fsp3) is 0.154. The summed E-state index contributed by atoms with van der Waals surface area (Å²) in [6.45, 7) is 1.03. The molecule has 0 unspecified atom stereocenters. The van der Waals surface area contributed by atoms with E-state index in [9.17, 15) is 0 Å². The SMILES string of the molecule is NCc1nc2cccnc2n1Cc1ccccn1. The summed E-state index contributed by atoms with van der Waals surface area (Å²) in [7, 11) is 0. The molecule has 0 saturated carbocycles. The van der Waals surface area contributed by atoms with E-state index < -0.39 is 0 Å². The fourth-order valence-corrected chi connectivity index (χ4v) is 1.98. The van der Waals surface area contributed by atoms with E-state index in [0.29, 0.717) is 13.1 Å². The van der Waals surface area contributed by atoms with Crippen molar-refractivity contribution in [2.75, 3.05) is 0 Å². The predicted octanol–water partition coefficient (Wildman–Crippen LogP) is 1.33. The number of hydrogen-bond donors (Lipinski definition) is 1. The second kappa shape index (κ2) is 4.54. The van der Waals surface area contributed by atoms with Gasteiger partial charge in [0.2, 0.25) is 0 Å². The number of pyridine rings is 2. The zero-order valence-electron chi connectivity index (χ0n) is 9.82. The first-order valence-corrected chi connectivity index (χ1v) is 5.78. The largest absolute Gasteiger partial charge is 0.324 e. The van der Waals surface area contributed by atoms with Gasteiger partial charge in [-0.3, -0.25) is 4.98 Å². The van der Waals surface area contributed by atoms with Crippen molar-refractivity contribution < 1.29 is 0 Å². The average Bonchev–Trinajstić information content (AvgIpc) is 2.78. The molecule has 3 aromatic rings. The van der Waals surface area contributed by atoms with Gasteiger partial charge >= 0.3 is 0 Å². The Kier molecular flexibility index (Phi) is 2.74. The Labute approximate surface area is 104 Å². The Morgan fingerprint density at radius 2 is 1.94 bits per heavy atom. The van der Waals surface area contributed by atoms with Crippen molar-refractivity contribution in [1.29, 1.82) is 0 Å². The molecule has 0 atom stereocenters. The normalized spacial score (nSPS) is 10.9. The quantitative estimate of drug-likeness (QED) is 0.748. The second-order valence-corrected chi connectivity index (χ2v) is 3.99. The average molecular weight is 239 g/mol. The number of nitrogens with zero attached hydrogens (tertiary/aromatic N) is 4. The van der Waals surface area contributed by atoms with E-state index in [0.717, 1.165) is 22.7 Å². The Morgan fingerprint density at radius 1 is 1.06 bits per heavy atom. The summed E-state index contributed by atoms with van der Waals surface area (Å²) in [6, 6.07) is 9.67. The molecule has 2 N–H and O–H groups in total. The lowest BCUT2D eigenvalue weighted by Crippen LogP contribution is -2.10. The standard InChI is InChI=1S/C13H13N5/c14-8-12-17-11-5-3-7-16-13(11)18(12)9-10-4-1-2-6-15-10/h1-7H,8-9,14H2. The van der Waals surface area contributed by atoms with Crippen LogP contribution >= 0.6 is 0 Å². The van der Waals surface area contributed by atoms with Gasteiger partial charge in [-0.1, -0.05) is 6.07 Å². The number of imidazole rings is 1. The van der Waals surface area contributed by atoms with Gasteiger partial charge in [0.1, 0.15) is 11.3 Å². The second-order valence-electron chi connectivity index (χ2n) is 3.99. The molecule has 0 aromatic carbocycles. The topological polar surface area (TPSA) is 69.6 Å². The maximum Gasteiger partial charge on any atom is 0.160 e. The summed E-state index contributed by atoms with van der Waals surface area (Å²) in [5.74, 6) is 0.828. The highest BCUT2D eigenvalue weighted by Gasteiger charge is 2.10. The van der Waals surface area contributed by atoms with Crippen molar-refractivity contribution in [3.63, 3.8) is 0 Å². The minimum absolute atomic E-state index is 0.392. The molecule has 3 aromatic heterocycles. The van der Waals surface area contributed by atoms with Crippen LogP contribution in [-0.2, 0) is 13.1 Å². The number of aromatic nitrogens is 4. The Bertz CT molecular complexity index is 659. The minimum Gasteiger partial charge on any atom is -0.324 e. The molecule has 0 aliphatic carbocycles. The first kappa shape index (κ1) is 10.9. The molecular weight excluding hydrogens is 226 g/mol. The Morgan fingerprint density at radius 3 is 2.72 bits per heavy atom. The molecule has 5 nitrogen and oxygen atoms in total. The number of rotatable bonds is 3. The van der Waals surface area contributed by atoms with Gasteiger partial charge in [0.25, 0.3) is 0 Å². The van der Waals surface area contributed by atoms with Crippen LogP contribution in [0, 0.1) is 0 Å². The van der Waals surface area contributed by atoms with Crippen LogP contribution in [0.15, 0.2) is 42.7 Å². The summed E-state index contributed by atoms with van der Waals surface area (Å²) < 4.78 is 2.01. The molecular formula is C13H13N5. The zero-order valence-corrected chi connectivity index (χ0v) is 9.82. The summed E-state index contributed by atoms with van der Waals surface area (Å²) in [4.78, 5) is 13.2. The van der Waals surface area contributed by atoms with E-state index in [2.05, 4.69) is 15.0 Å². The third-order valence-corrected chi connectivity index (χ3v) is 2.81. The van der Waals surface area contributed by atoms with Gasteiger partial charge in [-0.15, -0.1) is 0 Å². The molecule has 0 radical (unpaired) electrons. The molecule has 0 aliphatic rings. The van der Waals surface area contributed by atoms with Crippen LogP contribution in [0.4, 0.5) is 0 Å². The molecule has 18 heavy (non-hydrogen) atoms. The first-order chi connectivity index (χ1) is 8.88. The number of nitrogens with two attached hydrogens (primary N) is 1. The van der Waals surface area contributed by atoms with Gasteiger partial charge in [-0.25, -0.2) is 9.97 Å². The molecule has 0 fully saturated rings. The number of hydrogen-bond acceptors (Lipinski definition) is 4. The van der Waals surface area contributed by atoms with Gasteiger partial charge in [0.15, 0.2) is 5.65 Å². The Balaban J connectivity index is 2.10. The van der Waals surface area contributed by atoms with Gasteiger partial charge in [-0.2, -0.15) is 0 Å². The summed E-state index contributed by atoms with van der Waals surface area (Å²) in [5, 5.41) is 0. The van der Waals surface area contributed by atoms with Crippen LogP contribution in [0.1, 0.15) is 11.5 Å². The molecule has 0 spiro atoms. The van der Waals surface area contributed by atoms with Crippen molar-refractivity contribution in [2.24, 2.45) is 5.73 Å². The van der Waals surface area contributed by atoms with E-state index >= 15 is 0 Å². The highest BCUT2D eigenvalue weighted by molar-refractivity contribution is 5.71. The lowest BCUT2D eigenvalue weighted by atomic mass is 10.3. The molecule has 0 saturated heterocycles. The smallest absolute Gasteiger partial charge is 0.160 e. The highest BCUT2D eigenvalue weighted by atomic mass is 15.1. The lowest BCUT2D eigenvalue weighted by Gasteiger charge is -2.06. The van der Waals surface area contributed by atoms with Crippen molar-refractivity contribution in [3.8, 4) is 0 Å². The maximum atomic E-state index is 5.74. The molecule has 0 amide bonds. The maximum absolute atomic E-state index is 5.74. The highest BCUT2D eigenvalue weighted by Crippen LogP contribution is 2.14. The monoisotopic (exact) mass is 239 g/mol. The van der Waals surface area contributed by atoms with E-state index in [1.807, 2.05) is 34.9 Å². The van der Waals surface area contributed by atoms with E-state index in [4.69, 9.17) is 5.73 Å².